The van der Waals surface area contributed by atoms with E-state index in [1.54, 1.807) is 12.3 Å². The molecule has 0 radical (unpaired) electrons. The molecule has 0 saturated carbocycles. The molecule has 2 heterocycles. The van der Waals surface area contributed by atoms with E-state index in [1.165, 1.54) is 5.56 Å². The van der Waals surface area contributed by atoms with Crippen molar-refractivity contribution in [2.45, 2.75) is 46.4 Å². The minimum absolute atomic E-state index is 0.240. The van der Waals surface area contributed by atoms with Crippen LogP contribution in [0, 0.1) is 5.41 Å². The maximum atomic E-state index is 8.72. The normalized spacial score (nSPS) is 13.8. The van der Waals surface area contributed by atoms with Crippen LogP contribution in [0.3, 0.4) is 0 Å². The lowest BCUT2D eigenvalue weighted by Crippen LogP contribution is -2.18. The number of hydrogen-bond acceptors (Lipinski definition) is 2. The molecule has 0 fully saturated rings. The van der Waals surface area contributed by atoms with Crippen molar-refractivity contribution in [1.29, 1.82) is 0 Å². The first-order valence-corrected chi connectivity index (χ1v) is 11.5. The zero-order valence-corrected chi connectivity index (χ0v) is 19.9. The number of benzene rings is 3. The van der Waals surface area contributed by atoms with Gasteiger partial charge in [-0.1, -0.05) is 95.3 Å². The van der Waals surface area contributed by atoms with Crippen molar-refractivity contribution < 1.29 is 7.16 Å². The van der Waals surface area contributed by atoms with Crippen molar-refractivity contribution in [3.05, 3.63) is 102 Å². The summed E-state index contributed by atoms with van der Waals surface area (Å²) < 4.78 is 24.1. The molecule has 0 N–H and O–H groups in total. The van der Waals surface area contributed by atoms with Gasteiger partial charge in [-0.05, 0) is 41.1 Å². The first-order chi connectivity index (χ1) is 16.5. The van der Waals surface area contributed by atoms with Crippen molar-refractivity contribution in [3.63, 3.8) is 0 Å². The number of rotatable bonds is 4. The summed E-state index contributed by atoms with van der Waals surface area (Å²) >= 11 is 0. The van der Waals surface area contributed by atoms with E-state index in [2.05, 4.69) is 67.4 Å². The largest absolute Gasteiger partial charge is 0.455 e. The molecule has 0 atom stereocenters. The Labute approximate surface area is 199 Å². The van der Waals surface area contributed by atoms with Crippen LogP contribution >= 0.6 is 0 Å². The van der Waals surface area contributed by atoms with Gasteiger partial charge in [0, 0.05) is 36.3 Å². The van der Waals surface area contributed by atoms with E-state index < -0.39 is 11.8 Å². The van der Waals surface area contributed by atoms with E-state index in [9.17, 15) is 0 Å². The highest BCUT2D eigenvalue weighted by molar-refractivity contribution is 6.10. The van der Waals surface area contributed by atoms with Gasteiger partial charge in [0.1, 0.15) is 11.2 Å². The maximum absolute atomic E-state index is 8.72. The van der Waals surface area contributed by atoms with Gasteiger partial charge in [0.05, 0.1) is 5.69 Å². The van der Waals surface area contributed by atoms with Gasteiger partial charge >= 0.3 is 0 Å². The quantitative estimate of drug-likeness (QED) is 0.282. The molecule has 0 aliphatic heterocycles. The molecule has 0 unspecified atom stereocenters. The third-order valence-corrected chi connectivity index (χ3v) is 6.25. The zero-order valence-electron chi connectivity index (χ0n) is 21.9. The van der Waals surface area contributed by atoms with E-state index in [1.807, 2.05) is 45.0 Å². The van der Waals surface area contributed by atoms with Crippen LogP contribution in [-0.2, 0) is 11.8 Å². The smallest absolute Gasteiger partial charge is 0.144 e. The molecule has 5 aromatic rings. The minimum atomic E-state index is -1.50. The van der Waals surface area contributed by atoms with Gasteiger partial charge in [0.2, 0.25) is 0 Å². The molecule has 0 aliphatic carbocycles. The van der Waals surface area contributed by atoms with Crippen LogP contribution in [0.4, 0.5) is 0 Å². The third kappa shape index (κ3) is 3.95. The summed E-state index contributed by atoms with van der Waals surface area (Å²) in [4.78, 5) is 4.62. The lowest BCUT2D eigenvalue weighted by Gasteiger charge is -2.26. The molecule has 0 bridgehead atoms. The van der Waals surface area contributed by atoms with Crippen LogP contribution in [0.2, 0.25) is 0 Å². The number of para-hydroxylation sites is 2. The lowest BCUT2D eigenvalue weighted by atomic mass is 9.77. The van der Waals surface area contributed by atoms with Crippen molar-refractivity contribution >= 4 is 21.9 Å². The van der Waals surface area contributed by atoms with Crippen LogP contribution in [0.25, 0.3) is 33.2 Å². The molecule has 0 amide bonds. The number of pyridine rings is 1. The van der Waals surface area contributed by atoms with Gasteiger partial charge in [-0.25, -0.2) is 0 Å². The Balaban J connectivity index is 1.72. The van der Waals surface area contributed by atoms with E-state index in [-0.39, 0.29) is 5.41 Å². The van der Waals surface area contributed by atoms with Crippen LogP contribution in [0.5, 0.6) is 0 Å². The van der Waals surface area contributed by atoms with Gasteiger partial charge in [-0.2, -0.15) is 0 Å². The van der Waals surface area contributed by atoms with E-state index in [4.69, 9.17) is 7.16 Å². The fourth-order valence-electron chi connectivity index (χ4n) is 4.61. The van der Waals surface area contributed by atoms with Crippen LogP contribution in [-0.4, -0.2) is 4.98 Å². The number of aromatic nitrogens is 1. The summed E-state index contributed by atoms with van der Waals surface area (Å²) in [6, 6.07) is 26.6. The summed E-state index contributed by atoms with van der Waals surface area (Å²) in [5, 5.41) is 2.11. The zero-order chi connectivity index (χ0) is 25.0. The number of nitrogens with zero attached hydrogens (tertiary/aromatic N) is 1. The minimum Gasteiger partial charge on any atom is -0.455 e. The molecular weight excluding hydrogens is 402 g/mol. The second-order valence-electron chi connectivity index (χ2n) is 10.3. The predicted octanol–water partition coefficient (Wildman–Crippen LogP) is 8.56. The Kier molecular flexibility index (Phi) is 4.56. The molecule has 33 heavy (non-hydrogen) atoms. The Bertz CT molecular complexity index is 1520. The summed E-state index contributed by atoms with van der Waals surface area (Å²) in [5.41, 5.74) is 5.43. The standard InChI is InChI=1S/C31H31NO/c1-30(2,3)20-21-17-18-32-27(19-21)25-15-9-13-23-24-14-10-16-26(29(24)33-28(23)25)31(4,5)22-11-7-6-8-12-22/h6-19H,20H2,1-5H3/i20D2. The van der Waals surface area contributed by atoms with Crippen molar-refractivity contribution in [3.8, 4) is 11.3 Å². The Morgan fingerprint density at radius 3 is 2.21 bits per heavy atom. The molecule has 0 saturated heterocycles. The van der Waals surface area contributed by atoms with E-state index >= 15 is 0 Å². The van der Waals surface area contributed by atoms with Crippen LogP contribution in [0.1, 0.15) is 54.1 Å². The molecule has 0 spiro atoms. The number of fused-ring (bicyclic) bond motifs is 3. The molecule has 166 valence electrons. The molecule has 2 nitrogen and oxygen atoms in total. The highest BCUT2D eigenvalue weighted by Crippen LogP contribution is 2.41. The topological polar surface area (TPSA) is 26.0 Å². The third-order valence-electron chi connectivity index (χ3n) is 6.25. The van der Waals surface area contributed by atoms with Crippen LogP contribution in [0.15, 0.2) is 89.5 Å². The maximum Gasteiger partial charge on any atom is 0.144 e. The Morgan fingerprint density at radius 2 is 1.48 bits per heavy atom. The van der Waals surface area contributed by atoms with Crippen LogP contribution < -0.4 is 0 Å². The first-order valence-electron chi connectivity index (χ1n) is 12.5. The Hall–Kier alpha value is -3.39. The molecule has 3 aromatic carbocycles. The van der Waals surface area contributed by atoms with Gasteiger partial charge in [0.25, 0.3) is 0 Å². The molecule has 2 aromatic heterocycles. The summed E-state index contributed by atoms with van der Waals surface area (Å²) in [7, 11) is 0. The molecule has 0 aliphatic rings. The van der Waals surface area contributed by atoms with Gasteiger partial charge in [-0.3, -0.25) is 4.98 Å². The highest BCUT2D eigenvalue weighted by atomic mass is 16.3. The summed E-state index contributed by atoms with van der Waals surface area (Å²) in [5.74, 6) is 0. The summed E-state index contributed by atoms with van der Waals surface area (Å²) in [6.07, 6.45) is 0.193. The predicted molar refractivity (Wildman–Crippen MR) is 139 cm³/mol. The average Bonchev–Trinajstić information content (AvgIpc) is 3.23. The van der Waals surface area contributed by atoms with Crippen molar-refractivity contribution in [2.24, 2.45) is 5.41 Å². The molecule has 2 heteroatoms. The second kappa shape index (κ2) is 7.88. The fourth-order valence-corrected chi connectivity index (χ4v) is 4.61. The summed E-state index contributed by atoms with van der Waals surface area (Å²) in [6.45, 7) is 10.2. The molecular formula is C31H31NO. The van der Waals surface area contributed by atoms with E-state index in [0.717, 1.165) is 33.1 Å². The lowest BCUT2D eigenvalue weighted by molar-refractivity contribution is 0.411. The number of hydrogen-bond donors (Lipinski definition) is 0. The monoisotopic (exact) mass is 435 g/mol. The first kappa shape index (κ1) is 19.1. The van der Waals surface area contributed by atoms with Gasteiger partial charge in [-0.15, -0.1) is 0 Å². The highest BCUT2D eigenvalue weighted by Gasteiger charge is 2.27. The Morgan fingerprint density at radius 1 is 0.788 bits per heavy atom. The SMILES string of the molecule is [2H]C([2H])(c1ccnc(-c2cccc3c2oc2c(C(C)(C)c4ccccc4)cccc23)c1)C(C)(C)C. The van der Waals surface area contributed by atoms with E-state index in [0.29, 0.717) is 11.3 Å². The number of furan rings is 1. The van der Waals surface area contributed by atoms with Gasteiger partial charge < -0.3 is 4.42 Å². The average molecular weight is 436 g/mol. The van der Waals surface area contributed by atoms with Gasteiger partial charge in [0.15, 0.2) is 0 Å². The molecule has 5 rings (SSSR count). The fraction of sp³-hybridized carbons (Fsp3) is 0.258. The van der Waals surface area contributed by atoms with Crippen molar-refractivity contribution in [2.75, 3.05) is 0 Å². The second-order valence-corrected chi connectivity index (χ2v) is 10.3. The van der Waals surface area contributed by atoms with Crippen molar-refractivity contribution in [1.82, 2.24) is 4.98 Å².